The van der Waals surface area contributed by atoms with Gasteiger partial charge in [0.15, 0.2) is 0 Å². The summed E-state index contributed by atoms with van der Waals surface area (Å²) in [6.07, 6.45) is 0.227. The fourth-order valence-corrected chi connectivity index (χ4v) is 5.96. The lowest BCUT2D eigenvalue weighted by Gasteiger charge is -2.44. The lowest BCUT2D eigenvalue weighted by atomic mass is 9.67. The van der Waals surface area contributed by atoms with Gasteiger partial charge >= 0.3 is 11.9 Å². The van der Waals surface area contributed by atoms with Crippen LogP contribution in [0.1, 0.15) is 64.2 Å². The first-order valence-electron chi connectivity index (χ1n) is 11.0. The minimum Gasteiger partial charge on any atom is -0.508 e. The summed E-state index contributed by atoms with van der Waals surface area (Å²) in [5.41, 5.74) is -1.89. The number of phenolic OH excluding ortho intramolecular Hbond substituents is 1. The van der Waals surface area contributed by atoms with Gasteiger partial charge in [-0.3, -0.25) is 4.79 Å². The fraction of sp³-hybridized carbons (Fsp3) is 0.667. The summed E-state index contributed by atoms with van der Waals surface area (Å²) in [5.74, 6) is -1.39. The molecule has 2 aliphatic carbocycles. The van der Waals surface area contributed by atoms with Gasteiger partial charge in [0, 0.05) is 31.1 Å². The number of ether oxygens (including phenoxy) is 3. The molecule has 1 aromatic rings. The van der Waals surface area contributed by atoms with Gasteiger partial charge in [0.1, 0.15) is 18.0 Å². The highest BCUT2D eigenvalue weighted by atomic mass is 16.6. The van der Waals surface area contributed by atoms with Crippen LogP contribution in [-0.4, -0.2) is 51.7 Å². The molecule has 0 radical (unpaired) electrons. The zero-order chi connectivity index (χ0) is 22.8. The Balaban J connectivity index is 1.73. The standard InChI is InChI=1S/C24H32O7/c1-13(2)24(28)12-18(29-14(3)25)22(4)11-19-23(5,31-19)10-17(20(22)24)30-21(27)15-6-8-16(26)9-7-15/h6-9,13,17-20,26,28H,10-12H2,1-5H3/t17-,18-,19-,20?,22-,23+,24+/m0/s1. The summed E-state index contributed by atoms with van der Waals surface area (Å²) in [4.78, 5) is 24.9. The second kappa shape index (κ2) is 7.20. The van der Waals surface area contributed by atoms with Crippen LogP contribution < -0.4 is 0 Å². The number of benzene rings is 1. The number of aliphatic hydroxyl groups is 1. The number of epoxide rings is 1. The van der Waals surface area contributed by atoms with Gasteiger partial charge in [0.05, 0.1) is 22.9 Å². The molecule has 7 nitrogen and oxygen atoms in total. The molecule has 170 valence electrons. The zero-order valence-electron chi connectivity index (χ0n) is 18.8. The number of fused-ring (bicyclic) bond motifs is 2. The molecule has 31 heavy (non-hydrogen) atoms. The Morgan fingerprint density at radius 3 is 2.32 bits per heavy atom. The minimum atomic E-state index is -1.16. The van der Waals surface area contributed by atoms with Crippen molar-refractivity contribution in [3.05, 3.63) is 29.8 Å². The highest BCUT2D eigenvalue weighted by Crippen LogP contribution is 2.64. The summed E-state index contributed by atoms with van der Waals surface area (Å²) in [7, 11) is 0. The molecule has 2 N–H and O–H groups in total. The molecule has 1 heterocycles. The summed E-state index contributed by atoms with van der Waals surface area (Å²) in [5, 5.41) is 21.4. The van der Waals surface area contributed by atoms with Crippen molar-refractivity contribution < 1.29 is 34.0 Å². The van der Waals surface area contributed by atoms with E-state index in [2.05, 4.69) is 0 Å². The van der Waals surface area contributed by atoms with Gasteiger partial charge in [-0.2, -0.15) is 0 Å². The number of aromatic hydroxyl groups is 1. The van der Waals surface area contributed by atoms with Crippen LogP contribution in [0.5, 0.6) is 5.75 Å². The quantitative estimate of drug-likeness (QED) is 0.556. The Labute approximate surface area is 182 Å². The summed E-state index contributed by atoms with van der Waals surface area (Å²) in [6.45, 7) is 9.28. The van der Waals surface area contributed by atoms with E-state index >= 15 is 0 Å². The molecule has 4 rings (SSSR count). The molecule has 1 aliphatic heterocycles. The van der Waals surface area contributed by atoms with Gasteiger partial charge in [-0.1, -0.05) is 20.8 Å². The molecular weight excluding hydrogens is 400 g/mol. The van der Waals surface area contributed by atoms with Crippen molar-refractivity contribution in [3.63, 3.8) is 0 Å². The normalized spacial score (nSPS) is 41.1. The van der Waals surface area contributed by atoms with E-state index < -0.39 is 40.7 Å². The second-order valence-corrected chi connectivity index (χ2v) is 10.2. The van der Waals surface area contributed by atoms with Crippen molar-refractivity contribution in [2.45, 2.75) is 83.4 Å². The summed E-state index contributed by atoms with van der Waals surface area (Å²) in [6, 6.07) is 5.89. The second-order valence-electron chi connectivity index (χ2n) is 10.2. The van der Waals surface area contributed by atoms with Crippen LogP contribution in [0.15, 0.2) is 24.3 Å². The van der Waals surface area contributed by atoms with Crippen LogP contribution in [0.3, 0.4) is 0 Å². The van der Waals surface area contributed by atoms with Crippen molar-refractivity contribution in [3.8, 4) is 5.75 Å². The minimum absolute atomic E-state index is 0.0371. The van der Waals surface area contributed by atoms with Crippen molar-refractivity contribution in [2.24, 2.45) is 17.3 Å². The Bertz CT molecular complexity index is 880. The van der Waals surface area contributed by atoms with E-state index in [0.717, 1.165) is 0 Å². The van der Waals surface area contributed by atoms with Crippen molar-refractivity contribution in [2.75, 3.05) is 0 Å². The van der Waals surface area contributed by atoms with Crippen molar-refractivity contribution in [1.29, 1.82) is 0 Å². The molecule has 2 saturated carbocycles. The average molecular weight is 433 g/mol. The molecule has 1 saturated heterocycles. The number of rotatable bonds is 4. The third-order valence-electron chi connectivity index (χ3n) is 7.81. The maximum Gasteiger partial charge on any atom is 0.338 e. The van der Waals surface area contributed by atoms with E-state index in [9.17, 15) is 19.8 Å². The van der Waals surface area contributed by atoms with Crippen LogP contribution in [0.2, 0.25) is 0 Å². The summed E-state index contributed by atoms with van der Waals surface area (Å²) >= 11 is 0. The van der Waals surface area contributed by atoms with E-state index in [1.807, 2.05) is 27.7 Å². The third kappa shape index (κ3) is 3.61. The largest absolute Gasteiger partial charge is 0.508 e. The smallest absolute Gasteiger partial charge is 0.338 e. The molecule has 0 amide bonds. The van der Waals surface area contributed by atoms with Gasteiger partial charge < -0.3 is 24.4 Å². The maximum atomic E-state index is 13.0. The van der Waals surface area contributed by atoms with E-state index in [1.54, 1.807) is 0 Å². The Kier molecular flexibility index (Phi) is 5.13. The van der Waals surface area contributed by atoms with Gasteiger partial charge in [0.25, 0.3) is 0 Å². The lowest BCUT2D eigenvalue weighted by Crippen LogP contribution is -2.51. The molecule has 1 unspecified atom stereocenters. The van der Waals surface area contributed by atoms with E-state index in [-0.39, 0.29) is 23.7 Å². The van der Waals surface area contributed by atoms with Crippen molar-refractivity contribution in [1.82, 2.24) is 0 Å². The molecule has 1 aromatic carbocycles. The fourth-order valence-electron chi connectivity index (χ4n) is 5.96. The first-order valence-corrected chi connectivity index (χ1v) is 11.0. The number of hydrogen-bond acceptors (Lipinski definition) is 7. The van der Waals surface area contributed by atoms with Crippen LogP contribution in [0.25, 0.3) is 0 Å². The van der Waals surface area contributed by atoms with Gasteiger partial charge in [-0.25, -0.2) is 4.79 Å². The van der Waals surface area contributed by atoms with Crippen LogP contribution in [-0.2, 0) is 19.0 Å². The molecule has 0 aromatic heterocycles. The third-order valence-corrected chi connectivity index (χ3v) is 7.81. The van der Waals surface area contributed by atoms with Gasteiger partial charge in [0.2, 0.25) is 0 Å². The molecule has 0 spiro atoms. The molecule has 3 fully saturated rings. The SMILES string of the molecule is CC(=O)O[C@H]1C[C@@](O)(C(C)C)C2[C@@H](OC(=O)c3ccc(O)cc3)C[C@@]3(C)O[C@H]3C[C@]21C. The van der Waals surface area contributed by atoms with Gasteiger partial charge in [-0.05, 0) is 43.5 Å². The number of carbonyl (C=O) groups is 2. The number of hydrogen-bond donors (Lipinski definition) is 2. The monoisotopic (exact) mass is 432 g/mol. The first-order chi connectivity index (χ1) is 14.4. The van der Waals surface area contributed by atoms with Crippen LogP contribution in [0.4, 0.5) is 0 Å². The predicted octanol–water partition coefficient (Wildman–Crippen LogP) is 3.21. The molecular formula is C24H32O7. The number of esters is 2. The van der Waals surface area contributed by atoms with E-state index in [4.69, 9.17) is 14.2 Å². The molecule has 3 aliphatic rings. The Hall–Kier alpha value is -2.12. The first kappa shape index (κ1) is 22.1. The van der Waals surface area contributed by atoms with E-state index in [0.29, 0.717) is 24.8 Å². The topological polar surface area (TPSA) is 106 Å². The Morgan fingerprint density at radius 1 is 1.10 bits per heavy atom. The van der Waals surface area contributed by atoms with Crippen LogP contribution >= 0.6 is 0 Å². The predicted molar refractivity (Wildman–Crippen MR) is 111 cm³/mol. The summed E-state index contributed by atoms with van der Waals surface area (Å²) < 4.78 is 17.7. The number of phenols is 1. The molecule has 0 bridgehead atoms. The van der Waals surface area contributed by atoms with E-state index in [1.165, 1.54) is 31.2 Å². The maximum absolute atomic E-state index is 13.0. The highest BCUT2D eigenvalue weighted by Gasteiger charge is 2.71. The molecule has 7 atom stereocenters. The van der Waals surface area contributed by atoms with Crippen molar-refractivity contribution >= 4 is 11.9 Å². The van der Waals surface area contributed by atoms with Gasteiger partial charge in [-0.15, -0.1) is 0 Å². The highest BCUT2D eigenvalue weighted by molar-refractivity contribution is 5.89. The number of carbonyl (C=O) groups excluding carboxylic acids is 2. The molecule has 7 heteroatoms. The van der Waals surface area contributed by atoms with Crippen LogP contribution in [0, 0.1) is 17.3 Å². The zero-order valence-corrected chi connectivity index (χ0v) is 18.8. The average Bonchev–Trinajstić information content (AvgIpc) is 3.23. The lowest BCUT2D eigenvalue weighted by molar-refractivity contribution is -0.155. The Morgan fingerprint density at radius 2 is 1.74 bits per heavy atom.